The molecule has 110 valence electrons. The van der Waals surface area contributed by atoms with Gasteiger partial charge < -0.3 is 10.2 Å². The van der Waals surface area contributed by atoms with Crippen LogP contribution in [0.5, 0.6) is 0 Å². The van der Waals surface area contributed by atoms with Gasteiger partial charge in [0, 0.05) is 32.2 Å². The minimum atomic E-state index is 0.825. The van der Waals surface area contributed by atoms with Crippen LogP contribution in [0.4, 0.5) is 0 Å². The van der Waals surface area contributed by atoms with Crippen molar-refractivity contribution in [3.05, 3.63) is 0 Å². The Labute approximate surface area is 119 Å². The summed E-state index contributed by atoms with van der Waals surface area (Å²) in [6, 6.07) is 0.825. The lowest BCUT2D eigenvalue weighted by atomic mass is 10.1. The van der Waals surface area contributed by atoms with E-state index in [-0.39, 0.29) is 0 Å². The van der Waals surface area contributed by atoms with Crippen LogP contribution in [0.3, 0.4) is 0 Å². The molecular formula is C17H32N2. The normalized spacial score (nSPS) is 25.7. The van der Waals surface area contributed by atoms with Gasteiger partial charge in [0.1, 0.15) is 0 Å². The molecule has 0 aromatic rings. The fraction of sp³-hybridized carbons (Fsp3) is 1.00. The predicted molar refractivity (Wildman–Crippen MR) is 81.4 cm³/mol. The van der Waals surface area contributed by atoms with E-state index in [4.69, 9.17) is 0 Å². The first-order valence-corrected chi connectivity index (χ1v) is 8.86. The van der Waals surface area contributed by atoms with Gasteiger partial charge >= 0.3 is 0 Å². The third-order valence-corrected chi connectivity index (χ3v) is 5.14. The molecule has 0 heterocycles. The van der Waals surface area contributed by atoms with Crippen molar-refractivity contribution in [1.29, 1.82) is 0 Å². The first-order valence-electron chi connectivity index (χ1n) is 8.86. The quantitative estimate of drug-likeness (QED) is 0.676. The van der Waals surface area contributed by atoms with Crippen LogP contribution in [0.25, 0.3) is 0 Å². The maximum absolute atomic E-state index is 3.84. The summed E-state index contributed by atoms with van der Waals surface area (Å²) >= 11 is 0. The summed E-state index contributed by atoms with van der Waals surface area (Å²) in [4.78, 5) is 2.76. The molecule has 0 aliphatic heterocycles. The lowest BCUT2D eigenvalue weighted by molar-refractivity contribution is 0.247. The Kier molecular flexibility index (Phi) is 5.17. The number of hydrogen-bond acceptors (Lipinski definition) is 2. The van der Waals surface area contributed by atoms with Crippen LogP contribution in [-0.2, 0) is 0 Å². The molecule has 0 bridgehead atoms. The number of hydrogen-bond donors (Lipinski definition) is 1. The molecule has 2 nitrogen and oxygen atoms in total. The van der Waals surface area contributed by atoms with Gasteiger partial charge in [-0.15, -0.1) is 0 Å². The van der Waals surface area contributed by atoms with E-state index in [1.165, 1.54) is 90.4 Å². The second-order valence-corrected chi connectivity index (χ2v) is 7.29. The highest BCUT2D eigenvalue weighted by atomic mass is 15.1. The van der Waals surface area contributed by atoms with Crippen LogP contribution >= 0.6 is 0 Å². The molecular weight excluding hydrogens is 232 g/mol. The standard InChI is InChI=1S/C17H32N2/c1-2-4-6-17(5-3-1)18-11-12-19(13-15-7-8-15)14-16-9-10-16/h15-18H,1-14H2. The second kappa shape index (κ2) is 7.08. The van der Waals surface area contributed by atoms with Gasteiger partial charge in [-0.3, -0.25) is 0 Å². The van der Waals surface area contributed by atoms with Gasteiger partial charge in [-0.2, -0.15) is 0 Å². The molecule has 3 fully saturated rings. The van der Waals surface area contributed by atoms with Crippen molar-refractivity contribution in [3.63, 3.8) is 0 Å². The molecule has 19 heavy (non-hydrogen) atoms. The Morgan fingerprint density at radius 2 is 1.32 bits per heavy atom. The highest BCUT2D eigenvalue weighted by Crippen LogP contribution is 2.33. The van der Waals surface area contributed by atoms with Crippen molar-refractivity contribution in [2.75, 3.05) is 26.2 Å². The van der Waals surface area contributed by atoms with Crippen LogP contribution < -0.4 is 5.32 Å². The summed E-state index contributed by atoms with van der Waals surface area (Å²) in [5, 5.41) is 3.84. The Bertz CT molecular complexity index is 236. The van der Waals surface area contributed by atoms with Gasteiger partial charge in [-0.05, 0) is 50.4 Å². The maximum Gasteiger partial charge on any atom is 0.0107 e. The van der Waals surface area contributed by atoms with E-state index in [0.717, 1.165) is 17.9 Å². The van der Waals surface area contributed by atoms with Gasteiger partial charge in [-0.25, -0.2) is 0 Å². The molecule has 0 saturated heterocycles. The minimum Gasteiger partial charge on any atom is -0.313 e. The van der Waals surface area contributed by atoms with Gasteiger partial charge in [0.2, 0.25) is 0 Å². The lowest BCUT2D eigenvalue weighted by Crippen LogP contribution is -2.38. The highest BCUT2D eigenvalue weighted by Gasteiger charge is 2.28. The third kappa shape index (κ3) is 5.43. The smallest absolute Gasteiger partial charge is 0.0107 e. The molecule has 3 aliphatic rings. The molecule has 1 N–H and O–H groups in total. The topological polar surface area (TPSA) is 15.3 Å². The van der Waals surface area contributed by atoms with E-state index in [1.807, 2.05) is 0 Å². The van der Waals surface area contributed by atoms with E-state index in [9.17, 15) is 0 Å². The first kappa shape index (κ1) is 13.9. The largest absolute Gasteiger partial charge is 0.313 e. The van der Waals surface area contributed by atoms with Gasteiger partial charge in [0.15, 0.2) is 0 Å². The zero-order valence-electron chi connectivity index (χ0n) is 12.6. The molecule has 0 spiro atoms. The van der Waals surface area contributed by atoms with Crippen molar-refractivity contribution < 1.29 is 0 Å². The van der Waals surface area contributed by atoms with Crippen LogP contribution in [0, 0.1) is 11.8 Å². The molecule has 2 heteroatoms. The fourth-order valence-electron chi connectivity index (χ4n) is 3.50. The number of rotatable bonds is 8. The van der Waals surface area contributed by atoms with Gasteiger partial charge in [0.25, 0.3) is 0 Å². The summed E-state index contributed by atoms with van der Waals surface area (Å²) in [7, 11) is 0. The van der Waals surface area contributed by atoms with Crippen LogP contribution in [0.2, 0.25) is 0 Å². The molecule has 0 aromatic carbocycles. The average molecular weight is 264 g/mol. The Hall–Kier alpha value is -0.0800. The van der Waals surface area contributed by atoms with Gasteiger partial charge in [-0.1, -0.05) is 25.7 Å². The molecule has 3 saturated carbocycles. The SMILES string of the molecule is C1CCCC(NCCN(CC2CC2)CC2CC2)CC1. The Balaban J connectivity index is 1.33. The van der Waals surface area contributed by atoms with E-state index >= 15 is 0 Å². The monoisotopic (exact) mass is 264 g/mol. The molecule has 3 aliphatic carbocycles. The zero-order valence-corrected chi connectivity index (χ0v) is 12.6. The third-order valence-electron chi connectivity index (χ3n) is 5.14. The molecule has 3 rings (SSSR count). The summed E-state index contributed by atoms with van der Waals surface area (Å²) in [6.07, 6.45) is 14.7. The lowest BCUT2D eigenvalue weighted by Gasteiger charge is -2.24. The van der Waals surface area contributed by atoms with E-state index in [1.54, 1.807) is 0 Å². The van der Waals surface area contributed by atoms with Crippen molar-refractivity contribution in [2.24, 2.45) is 11.8 Å². The predicted octanol–water partition coefficient (Wildman–Crippen LogP) is 3.42. The van der Waals surface area contributed by atoms with Crippen LogP contribution in [0.1, 0.15) is 64.2 Å². The van der Waals surface area contributed by atoms with E-state index < -0.39 is 0 Å². The van der Waals surface area contributed by atoms with Crippen molar-refractivity contribution in [2.45, 2.75) is 70.3 Å². The number of nitrogens with one attached hydrogen (secondary N) is 1. The fourth-order valence-corrected chi connectivity index (χ4v) is 3.50. The number of nitrogens with zero attached hydrogens (tertiary/aromatic N) is 1. The minimum absolute atomic E-state index is 0.825. The Morgan fingerprint density at radius 3 is 1.84 bits per heavy atom. The Morgan fingerprint density at radius 1 is 0.737 bits per heavy atom. The molecule has 0 radical (unpaired) electrons. The van der Waals surface area contributed by atoms with Crippen molar-refractivity contribution in [1.82, 2.24) is 10.2 Å². The highest BCUT2D eigenvalue weighted by molar-refractivity contribution is 4.83. The van der Waals surface area contributed by atoms with Crippen molar-refractivity contribution in [3.8, 4) is 0 Å². The summed E-state index contributed by atoms with van der Waals surface area (Å²) in [6.45, 7) is 5.30. The molecule has 0 atom stereocenters. The molecule has 0 unspecified atom stereocenters. The zero-order chi connectivity index (χ0) is 12.9. The summed E-state index contributed by atoms with van der Waals surface area (Å²) in [5.41, 5.74) is 0. The average Bonchev–Trinajstić information content (AvgIpc) is 3.26. The van der Waals surface area contributed by atoms with Crippen LogP contribution in [-0.4, -0.2) is 37.1 Å². The summed E-state index contributed by atoms with van der Waals surface area (Å²) in [5.74, 6) is 2.10. The van der Waals surface area contributed by atoms with E-state index in [2.05, 4.69) is 10.2 Å². The molecule has 0 amide bonds. The maximum atomic E-state index is 3.84. The van der Waals surface area contributed by atoms with Crippen LogP contribution in [0.15, 0.2) is 0 Å². The van der Waals surface area contributed by atoms with Gasteiger partial charge in [0.05, 0.1) is 0 Å². The second-order valence-electron chi connectivity index (χ2n) is 7.29. The van der Waals surface area contributed by atoms with Crippen molar-refractivity contribution >= 4 is 0 Å². The van der Waals surface area contributed by atoms with E-state index in [0.29, 0.717) is 0 Å². The summed E-state index contributed by atoms with van der Waals surface area (Å²) < 4.78 is 0. The first-order chi connectivity index (χ1) is 9.40. The molecule has 0 aromatic heterocycles.